The second-order valence-corrected chi connectivity index (χ2v) is 5.11. The lowest BCUT2D eigenvalue weighted by atomic mass is 10.5. The molecule has 0 unspecified atom stereocenters. The molecule has 3 nitrogen and oxygen atoms in total. The average Bonchev–Trinajstić information content (AvgIpc) is 2.05. The number of rotatable bonds is 8. The van der Waals surface area contributed by atoms with E-state index in [1.807, 2.05) is 9.47 Å². The van der Waals surface area contributed by atoms with Crippen LogP contribution in [0.1, 0.15) is 0 Å². The SMILES string of the molecule is FC(F)(Br)OC(F)(F)C(F)(F)OC(F)(F)C(F)(F)OC(F)(F)Br. The van der Waals surface area contributed by atoms with Gasteiger partial charge in [-0.1, -0.05) is 0 Å². The summed E-state index contributed by atoms with van der Waals surface area (Å²) in [4.78, 5) is 0. The lowest BCUT2D eigenvalue weighted by Gasteiger charge is -2.32. The Bertz CT molecular complexity index is 378. The zero-order chi connectivity index (χ0) is 19.1. The van der Waals surface area contributed by atoms with Crippen molar-refractivity contribution in [1.29, 1.82) is 0 Å². The van der Waals surface area contributed by atoms with Gasteiger partial charge in [-0.25, -0.2) is 14.2 Å². The third-order valence-electron chi connectivity index (χ3n) is 1.42. The topological polar surface area (TPSA) is 27.7 Å². The minimum absolute atomic E-state index is 0.976. The molecule has 0 atom stereocenters. The highest BCUT2D eigenvalue weighted by atomic mass is 79.9. The standard InChI is InChI=1S/C6Br2F12O3/c7-5(17,18)22-3(13,14)1(9,10)21-2(11,12)4(15,16)23-6(8,19)20. The van der Waals surface area contributed by atoms with Crippen molar-refractivity contribution in [2.24, 2.45) is 0 Å². The molecule has 0 saturated heterocycles. The zero-order valence-electron chi connectivity index (χ0n) is 9.52. The first kappa shape index (κ1) is 23.0. The number of hydrogen-bond donors (Lipinski definition) is 0. The lowest BCUT2D eigenvalue weighted by molar-refractivity contribution is -0.547. The summed E-state index contributed by atoms with van der Waals surface area (Å²) in [5.74, 6) is 0. The molecular weight excluding hydrogens is 508 g/mol. The molecule has 0 N–H and O–H groups in total. The first-order valence-electron chi connectivity index (χ1n) is 4.37. The van der Waals surface area contributed by atoms with Crippen LogP contribution in [0.15, 0.2) is 0 Å². The second-order valence-electron chi connectivity index (χ2n) is 3.26. The summed E-state index contributed by atoms with van der Waals surface area (Å²) in [6.45, 7) is 0. The highest BCUT2D eigenvalue weighted by Gasteiger charge is 2.73. The van der Waals surface area contributed by atoms with Crippen LogP contribution in [0.4, 0.5) is 52.7 Å². The fraction of sp³-hybridized carbons (Fsp3) is 1.00. The van der Waals surface area contributed by atoms with Crippen LogP contribution < -0.4 is 0 Å². The maximum atomic E-state index is 12.7. The molecule has 0 aliphatic rings. The van der Waals surface area contributed by atoms with Crippen molar-refractivity contribution in [2.45, 2.75) is 34.5 Å². The van der Waals surface area contributed by atoms with E-state index in [0.717, 1.165) is 31.9 Å². The third kappa shape index (κ3) is 6.79. The van der Waals surface area contributed by atoms with E-state index in [-0.39, 0.29) is 0 Å². The molecule has 0 aromatic heterocycles. The maximum Gasteiger partial charge on any atom is 0.453 e. The van der Waals surface area contributed by atoms with Crippen molar-refractivity contribution in [3.05, 3.63) is 0 Å². The molecule has 0 heterocycles. The van der Waals surface area contributed by atoms with Crippen LogP contribution in [0.5, 0.6) is 0 Å². The minimum Gasteiger partial charge on any atom is -0.241 e. The molecule has 23 heavy (non-hydrogen) atoms. The second kappa shape index (κ2) is 6.38. The highest BCUT2D eigenvalue weighted by Crippen LogP contribution is 2.49. The Hall–Kier alpha value is -0.0000000000000000555. The smallest absolute Gasteiger partial charge is 0.241 e. The van der Waals surface area contributed by atoms with E-state index in [4.69, 9.17) is 0 Å². The number of ether oxygens (including phenoxy) is 3. The van der Waals surface area contributed by atoms with Gasteiger partial charge in [0, 0.05) is 31.9 Å². The summed E-state index contributed by atoms with van der Waals surface area (Å²) in [6, 6.07) is 0. The lowest BCUT2D eigenvalue weighted by Crippen LogP contribution is -2.56. The van der Waals surface area contributed by atoms with Crippen LogP contribution in [-0.4, -0.2) is 34.5 Å². The van der Waals surface area contributed by atoms with Crippen LogP contribution in [0.2, 0.25) is 0 Å². The molecular formula is C6Br2F12O3. The van der Waals surface area contributed by atoms with Gasteiger partial charge in [0.05, 0.1) is 0 Å². The molecule has 0 radical (unpaired) electrons. The molecule has 140 valence electrons. The number of hydrogen-bond acceptors (Lipinski definition) is 3. The largest absolute Gasteiger partial charge is 0.453 e. The molecule has 0 aromatic rings. The van der Waals surface area contributed by atoms with Crippen molar-refractivity contribution < 1.29 is 66.9 Å². The van der Waals surface area contributed by atoms with Crippen LogP contribution in [0.25, 0.3) is 0 Å². The van der Waals surface area contributed by atoms with E-state index >= 15 is 0 Å². The fourth-order valence-electron chi connectivity index (χ4n) is 0.689. The Labute approximate surface area is 134 Å². The van der Waals surface area contributed by atoms with Crippen molar-refractivity contribution >= 4 is 31.9 Å². The summed E-state index contributed by atoms with van der Waals surface area (Å²) >= 11 is 1.95. The molecule has 0 rings (SSSR count). The first-order chi connectivity index (χ1) is 9.62. The predicted molar refractivity (Wildman–Crippen MR) is 50.8 cm³/mol. The molecule has 17 heteroatoms. The summed E-state index contributed by atoms with van der Waals surface area (Å²) in [5, 5.41) is -10.4. The van der Waals surface area contributed by atoms with Crippen LogP contribution >= 0.6 is 31.9 Å². The van der Waals surface area contributed by atoms with Gasteiger partial charge in [-0.3, -0.25) is 0 Å². The summed E-state index contributed by atoms with van der Waals surface area (Å²) in [5.41, 5.74) is 0. The number of halogens is 14. The van der Waals surface area contributed by atoms with Gasteiger partial charge < -0.3 is 0 Å². The van der Waals surface area contributed by atoms with Gasteiger partial charge in [0.2, 0.25) is 0 Å². The van der Waals surface area contributed by atoms with E-state index in [1.165, 1.54) is 0 Å². The Morgan fingerprint density at radius 3 is 0.739 bits per heavy atom. The minimum atomic E-state index is -6.82. The Balaban J connectivity index is 5.41. The molecule has 0 aliphatic carbocycles. The summed E-state index contributed by atoms with van der Waals surface area (Å²) < 4.78 is 155. The molecule has 0 bridgehead atoms. The van der Waals surface area contributed by atoms with E-state index in [1.54, 1.807) is 4.74 Å². The van der Waals surface area contributed by atoms with E-state index in [0.29, 0.717) is 0 Å². The van der Waals surface area contributed by atoms with Gasteiger partial charge >= 0.3 is 34.5 Å². The van der Waals surface area contributed by atoms with Gasteiger partial charge in [-0.05, 0) is 0 Å². The van der Waals surface area contributed by atoms with Crippen LogP contribution in [0.3, 0.4) is 0 Å². The van der Waals surface area contributed by atoms with Crippen molar-refractivity contribution in [3.8, 4) is 0 Å². The van der Waals surface area contributed by atoms with Gasteiger partial charge in [-0.15, -0.1) is 0 Å². The zero-order valence-corrected chi connectivity index (χ0v) is 12.7. The fourth-order valence-corrected chi connectivity index (χ4v) is 1.10. The predicted octanol–water partition coefficient (Wildman–Crippen LogP) is 5.30. The third-order valence-corrected chi connectivity index (χ3v) is 1.75. The number of alkyl halides is 14. The average molecular weight is 508 g/mol. The highest BCUT2D eigenvalue weighted by molar-refractivity contribution is 9.10. The van der Waals surface area contributed by atoms with Gasteiger partial charge in [0.15, 0.2) is 0 Å². The van der Waals surface area contributed by atoms with Crippen molar-refractivity contribution in [1.82, 2.24) is 0 Å². The monoisotopic (exact) mass is 506 g/mol. The van der Waals surface area contributed by atoms with E-state index < -0.39 is 34.5 Å². The Kier molecular flexibility index (Phi) is 6.38. The first-order valence-corrected chi connectivity index (χ1v) is 5.96. The van der Waals surface area contributed by atoms with Crippen LogP contribution in [-0.2, 0) is 14.2 Å². The van der Waals surface area contributed by atoms with Crippen LogP contribution in [0, 0.1) is 0 Å². The normalized spacial score (nSPS) is 15.9. The van der Waals surface area contributed by atoms with Gasteiger partial charge in [0.1, 0.15) is 0 Å². The Morgan fingerprint density at radius 1 is 0.391 bits per heavy atom. The van der Waals surface area contributed by atoms with Crippen molar-refractivity contribution in [2.75, 3.05) is 0 Å². The Morgan fingerprint density at radius 2 is 0.565 bits per heavy atom. The molecule has 0 spiro atoms. The molecule has 0 amide bonds. The molecule has 0 saturated carbocycles. The summed E-state index contributed by atoms with van der Waals surface area (Å²) in [6.07, 6.45) is -26.8. The van der Waals surface area contributed by atoms with E-state index in [2.05, 4.69) is 0 Å². The maximum absolute atomic E-state index is 12.7. The van der Waals surface area contributed by atoms with Gasteiger partial charge in [0.25, 0.3) is 0 Å². The van der Waals surface area contributed by atoms with Gasteiger partial charge in [-0.2, -0.15) is 52.7 Å². The summed E-state index contributed by atoms with van der Waals surface area (Å²) in [7, 11) is 0. The molecule has 0 aliphatic heterocycles. The van der Waals surface area contributed by atoms with E-state index in [9.17, 15) is 52.7 Å². The molecule has 0 fully saturated rings. The van der Waals surface area contributed by atoms with Crippen molar-refractivity contribution in [3.63, 3.8) is 0 Å². The quantitative estimate of drug-likeness (QED) is 0.330. The molecule has 0 aromatic carbocycles.